The molecular formula is C14H19N5O2. The predicted molar refractivity (Wildman–Crippen MR) is 77.4 cm³/mol. The van der Waals surface area contributed by atoms with E-state index in [1.165, 1.54) is 0 Å². The maximum Gasteiger partial charge on any atom is 0.250 e. The highest BCUT2D eigenvalue weighted by molar-refractivity contribution is 5.41. The van der Waals surface area contributed by atoms with Crippen molar-refractivity contribution >= 4 is 5.95 Å². The van der Waals surface area contributed by atoms with Gasteiger partial charge in [0, 0.05) is 13.1 Å². The van der Waals surface area contributed by atoms with Crippen molar-refractivity contribution in [3.63, 3.8) is 0 Å². The number of aliphatic hydroxyl groups is 1. The number of hydrogen-bond donors (Lipinski definition) is 1. The first-order valence-corrected chi connectivity index (χ1v) is 6.96. The van der Waals surface area contributed by atoms with Crippen molar-refractivity contribution in [2.45, 2.75) is 25.6 Å². The Balaban J connectivity index is 1.92. The van der Waals surface area contributed by atoms with Crippen molar-refractivity contribution in [2.24, 2.45) is 0 Å². The van der Waals surface area contributed by atoms with Crippen LogP contribution in [0, 0.1) is 0 Å². The van der Waals surface area contributed by atoms with E-state index in [9.17, 15) is 5.11 Å². The second kappa shape index (κ2) is 5.42. The normalized spacial score (nSPS) is 21.5. The highest BCUT2D eigenvalue weighted by Crippen LogP contribution is 2.25. The van der Waals surface area contributed by atoms with E-state index in [0.29, 0.717) is 19.0 Å². The van der Waals surface area contributed by atoms with Gasteiger partial charge in [0.25, 0.3) is 5.95 Å². The molecule has 3 rings (SSSR count). The molecule has 1 atom stereocenters. The molecule has 112 valence electrons. The highest BCUT2D eigenvalue weighted by atomic mass is 16.5. The Morgan fingerprint density at radius 3 is 2.81 bits per heavy atom. The minimum Gasteiger partial charge on any atom is -0.394 e. The molecule has 1 aliphatic heterocycles. The third-order valence-electron chi connectivity index (χ3n) is 3.42. The fraction of sp³-hybridized carbons (Fsp3) is 0.500. The van der Waals surface area contributed by atoms with Crippen LogP contribution in [0.5, 0.6) is 0 Å². The summed E-state index contributed by atoms with van der Waals surface area (Å²) in [5.41, 5.74) is 0.543. The van der Waals surface area contributed by atoms with Crippen molar-refractivity contribution in [3.05, 3.63) is 30.3 Å². The largest absolute Gasteiger partial charge is 0.394 e. The zero-order chi connectivity index (χ0) is 14.9. The zero-order valence-corrected chi connectivity index (χ0v) is 12.2. The molecule has 1 N–H and O–H groups in total. The Bertz CT molecular complexity index is 598. The third kappa shape index (κ3) is 2.88. The van der Waals surface area contributed by atoms with E-state index < -0.39 is 0 Å². The number of anilines is 1. The first-order chi connectivity index (χ1) is 10.1. The molecule has 1 aromatic heterocycles. The van der Waals surface area contributed by atoms with Gasteiger partial charge >= 0.3 is 0 Å². The second-order valence-electron chi connectivity index (χ2n) is 5.79. The maximum atomic E-state index is 9.41. The predicted octanol–water partition coefficient (Wildman–Crippen LogP) is 0.638. The second-order valence-corrected chi connectivity index (χ2v) is 5.79. The number of para-hydroxylation sites is 1. The molecular weight excluding hydrogens is 270 g/mol. The smallest absolute Gasteiger partial charge is 0.250 e. The molecule has 1 unspecified atom stereocenters. The summed E-state index contributed by atoms with van der Waals surface area (Å²) in [6.45, 7) is 5.20. The first kappa shape index (κ1) is 14.0. The van der Waals surface area contributed by atoms with Crippen LogP contribution in [0.3, 0.4) is 0 Å². The van der Waals surface area contributed by atoms with Crippen LogP contribution in [0.2, 0.25) is 0 Å². The average molecular weight is 289 g/mol. The first-order valence-electron chi connectivity index (χ1n) is 6.96. The van der Waals surface area contributed by atoms with E-state index in [-0.39, 0.29) is 18.3 Å². The van der Waals surface area contributed by atoms with Gasteiger partial charge in [-0.25, -0.2) is 0 Å². The van der Waals surface area contributed by atoms with Crippen LogP contribution in [-0.4, -0.2) is 56.7 Å². The number of tetrazole rings is 1. The Morgan fingerprint density at radius 2 is 2.10 bits per heavy atom. The van der Waals surface area contributed by atoms with Crippen molar-refractivity contribution < 1.29 is 9.84 Å². The average Bonchev–Trinajstić information content (AvgIpc) is 2.96. The minimum atomic E-state index is -0.362. The molecule has 1 saturated heterocycles. The van der Waals surface area contributed by atoms with Gasteiger partial charge in [0.2, 0.25) is 0 Å². The number of morpholine rings is 1. The standard InChI is InChI=1S/C14H19N5O2/c1-14(2)10-18(8-12(9-20)21-14)13-15-16-17-19(13)11-6-4-3-5-7-11/h3-7,12,20H,8-10H2,1-2H3. The van der Waals surface area contributed by atoms with Gasteiger partial charge in [-0.2, -0.15) is 4.68 Å². The molecule has 0 amide bonds. The van der Waals surface area contributed by atoms with Crippen molar-refractivity contribution in [1.29, 1.82) is 0 Å². The van der Waals surface area contributed by atoms with Gasteiger partial charge in [0.05, 0.1) is 24.0 Å². The molecule has 0 spiro atoms. The molecule has 21 heavy (non-hydrogen) atoms. The van der Waals surface area contributed by atoms with Crippen LogP contribution in [0.1, 0.15) is 13.8 Å². The maximum absolute atomic E-state index is 9.41. The van der Waals surface area contributed by atoms with Gasteiger partial charge in [-0.3, -0.25) is 0 Å². The lowest BCUT2D eigenvalue weighted by Gasteiger charge is -2.42. The van der Waals surface area contributed by atoms with E-state index >= 15 is 0 Å². The van der Waals surface area contributed by atoms with Gasteiger partial charge in [0.15, 0.2) is 0 Å². The molecule has 2 aromatic rings. The number of benzene rings is 1. The topological polar surface area (TPSA) is 76.3 Å². The van der Waals surface area contributed by atoms with Gasteiger partial charge in [0.1, 0.15) is 0 Å². The lowest BCUT2D eigenvalue weighted by atomic mass is 10.1. The Kier molecular flexibility index (Phi) is 3.60. The summed E-state index contributed by atoms with van der Waals surface area (Å²) in [5.74, 6) is 0.663. The monoisotopic (exact) mass is 289 g/mol. The lowest BCUT2D eigenvalue weighted by Crippen LogP contribution is -2.54. The van der Waals surface area contributed by atoms with Crippen LogP contribution in [-0.2, 0) is 4.74 Å². The van der Waals surface area contributed by atoms with Crippen LogP contribution < -0.4 is 4.90 Å². The molecule has 0 saturated carbocycles. The fourth-order valence-electron chi connectivity index (χ4n) is 2.66. The number of rotatable bonds is 3. The van der Waals surface area contributed by atoms with Crippen molar-refractivity contribution in [1.82, 2.24) is 20.2 Å². The van der Waals surface area contributed by atoms with E-state index in [1.54, 1.807) is 4.68 Å². The lowest BCUT2D eigenvalue weighted by molar-refractivity contribution is -0.101. The van der Waals surface area contributed by atoms with Crippen LogP contribution in [0.4, 0.5) is 5.95 Å². The molecule has 7 nitrogen and oxygen atoms in total. The van der Waals surface area contributed by atoms with E-state index in [0.717, 1.165) is 5.69 Å². The number of ether oxygens (including phenoxy) is 1. The molecule has 1 fully saturated rings. The van der Waals surface area contributed by atoms with E-state index in [4.69, 9.17) is 4.74 Å². The minimum absolute atomic E-state index is 0.0210. The fourth-order valence-corrected chi connectivity index (χ4v) is 2.66. The molecule has 7 heteroatoms. The number of nitrogens with zero attached hydrogens (tertiary/aromatic N) is 5. The van der Waals surface area contributed by atoms with Gasteiger partial charge in [-0.1, -0.05) is 23.3 Å². The van der Waals surface area contributed by atoms with Crippen molar-refractivity contribution in [3.8, 4) is 5.69 Å². The SMILES string of the molecule is CC1(C)CN(c2nnnn2-c2ccccc2)CC(CO)O1. The molecule has 1 aromatic carbocycles. The molecule has 0 bridgehead atoms. The molecule has 2 heterocycles. The Morgan fingerprint density at radius 1 is 1.33 bits per heavy atom. The number of aromatic nitrogens is 4. The van der Waals surface area contributed by atoms with Gasteiger partial charge in [-0.15, -0.1) is 0 Å². The summed E-state index contributed by atoms with van der Waals surface area (Å²) in [4.78, 5) is 2.05. The van der Waals surface area contributed by atoms with Crippen molar-refractivity contribution in [2.75, 3.05) is 24.6 Å². The van der Waals surface area contributed by atoms with Gasteiger partial charge < -0.3 is 14.7 Å². The van der Waals surface area contributed by atoms with Gasteiger partial charge in [-0.05, 0) is 36.4 Å². The Labute approximate surface area is 123 Å². The summed E-state index contributed by atoms with van der Waals surface area (Å²) >= 11 is 0. The number of hydrogen-bond acceptors (Lipinski definition) is 6. The molecule has 0 aliphatic carbocycles. The molecule has 1 aliphatic rings. The summed E-state index contributed by atoms with van der Waals surface area (Å²) in [6.07, 6.45) is -0.241. The van der Waals surface area contributed by atoms with Crippen LogP contribution >= 0.6 is 0 Å². The van der Waals surface area contributed by atoms with E-state index in [1.807, 2.05) is 44.2 Å². The highest BCUT2D eigenvalue weighted by Gasteiger charge is 2.35. The Hall–Kier alpha value is -1.99. The third-order valence-corrected chi connectivity index (χ3v) is 3.42. The molecule has 0 radical (unpaired) electrons. The van der Waals surface area contributed by atoms with Crippen LogP contribution in [0.15, 0.2) is 30.3 Å². The summed E-state index contributed by atoms with van der Waals surface area (Å²) in [5, 5.41) is 21.4. The van der Waals surface area contributed by atoms with E-state index in [2.05, 4.69) is 20.4 Å². The zero-order valence-electron chi connectivity index (χ0n) is 12.2. The number of aliphatic hydroxyl groups excluding tert-OH is 1. The summed E-state index contributed by atoms with van der Waals surface area (Å²) < 4.78 is 7.53. The summed E-state index contributed by atoms with van der Waals surface area (Å²) in [7, 11) is 0. The summed E-state index contributed by atoms with van der Waals surface area (Å²) in [6, 6.07) is 9.75. The quantitative estimate of drug-likeness (QED) is 0.893. The van der Waals surface area contributed by atoms with Crippen LogP contribution in [0.25, 0.3) is 5.69 Å².